The Kier molecular flexibility index (Phi) is 3.41. The molecule has 2 aliphatic heterocycles. The Labute approximate surface area is 132 Å². The van der Waals surface area contributed by atoms with E-state index in [0.717, 1.165) is 10.0 Å². The van der Waals surface area contributed by atoms with Gasteiger partial charge in [-0.05, 0) is 40.0 Å². The van der Waals surface area contributed by atoms with E-state index in [2.05, 4.69) is 37.2 Å². The van der Waals surface area contributed by atoms with Crippen LogP contribution in [0.15, 0.2) is 21.1 Å². The summed E-state index contributed by atoms with van der Waals surface area (Å²) in [5, 5.41) is 2.29. The number of benzene rings is 1. The summed E-state index contributed by atoms with van der Waals surface area (Å²) >= 11 is 6.77. The van der Waals surface area contributed by atoms with Crippen LogP contribution in [0.25, 0.3) is 0 Å². The van der Waals surface area contributed by atoms with Crippen molar-refractivity contribution in [3.8, 4) is 0 Å². The summed E-state index contributed by atoms with van der Waals surface area (Å²) in [5.41, 5.74) is 1.47. The van der Waals surface area contributed by atoms with Gasteiger partial charge in [0.05, 0.1) is 5.56 Å². The molecule has 1 aromatic rings. The molecule has 0 spiro atoms. The molecule has 0 radical (unpaired) electrons. The Bertz CT molecular complexity index is 645. The van der Waals surface area contributed by atoms with Gasteiger partial charge in [0.2, 0.25) is 11.8 Å². The summed E-state index contributed by atoms with van der Waals surface area (Å²) in [6.07, 6.45) is 0.643. The SMILES string of the molecule is O=C1CCC(N2Cc3cc(Br)cc(Br)c3C2=O)C(=O)N1. The fourth-order valence-corrected chi connectivity index (χ4v) is 4.10. The molecule has 1 unspecified atom stereocenters. The van der Waals surface area contributed by atoms with Gasteiger partial charge in [0.1, 0.15) is 6.04 Å². The number of carbonyl (C=O) groups is 3. The van der Waals surface area contributed by atoms with Gasteiger partial charge in [-0.2, -0.15) is 0 Å². The number of hydrogen-bond acceptors (Lipinski definition) is 3. The lowest BCUT2D eigenvalue weighted by atomic mass is 10.0. The molecule has 1 atom stereocenters. The Morgan fingerprint density at radius 3 is 2.65 bits per heavy atom. The van der Waals surface area contributed by atoms with E-state index in [1.165, 1.54) is 4.90 Å². The normalized spacial score (nSPS) is 22.0. The number of imide groups is 1. The number of piperidine rings is 1. The van der Waals surface area contributed by atoms with Gasteiger partial charge in [-0.25, -0.2) is 0 Å². The van der Waals surface area contributed by atoms with Crippen molar-refractivity contribution in [1.82, 2.24) is 10.2 Å². The monoisotopic (exact) mass is 400 g/mol. The summed E-state index contributed by atoms with van der Waals surface area (Å²) in [6.45, 7) is 0.387. The van der Waals surface area contributed by atoms with Crippen molar-refractivity contribution >= 4 is 49.6 Å². The highest BCUT2D eigenvalue weighted by molar-refractivity contribution is 9.11. The molecule has 1 fully saturated rings. The highest BCUT2D eigenvalue weighted by Crippen LogP contribution is 2.34. The lowest BCUT2D eigenvalue weighted by molar-refractivity contribution is -0.136. The molecule has 0 aliphatic carbocycles. The van der Waals surface area contributed by atoms with Crippen LogP contribution in [0.5, 0.6) is 0 Å². The summed E-state index contributed by atoms with van der Waals surface area (Å²) in [4.78, 5) is 37.1. The van der Waals surface area contributed by atoms with Crippen molar-refractivity contribution in [2.75, 3.05) is 0 Å². The van der Waals surface area contributed by atoms with E-state index in [1.54, 1.807) is 0 Å². The molecule has 3 rings (SSSR count). The Morgan fingerprint density at radius 2 is 1.95 bits per heavy atom. The molecule has 0 aromatic heterocycles. The predicted octanol–water partition coefficient (Wildman–Crippen LogP) is 1.97. The summed E-state index contributed by atoms with van der Waals surface area (Å²) < 4.78 is 1.59. The standard InChI is InChI=1S/C13H10Br2N2O3/c14-7-3-6-5-17(13(20)11(6)8(15)4-7)9-1-2-10(18)16-12(9)19/h3-4,9H,1-2,5H2,(H,16,18,19). The maximum Gasteiger partial charge on any atom is 0.256 e. The Hall–Kier alpha value is -1.21. The fourth-order valence-electron chi connectivity index (χ4n) is 2.62. The molecule has 5 nitrogen and oxygen atoms in total. The van der Waals surface area contributed by atoms with E-state index in [1.807, 2.05) is 12.1 Å². The molecule has 2 heterocycles. The third-order valence-electron chi connectivity index (χ3n) is 3.54. The van der Waals surface area contributed by atoms with Crippen LogP contribution >= 0.6 is 31.9 Å². The number of carbonyl (C=O) groups excluding carboxylic acids is 3. The van der Waals surface area contributed by atoms with Gasteiger partial charge in [0.25, 0.3) is 5.91 Å². The molecule has 7 heteroatoms. The first kappa shape index (κ1) is 13.8. The number of halogens is 2. The lowest BCUT2D eigenvalue weighted by Gasteiger charge is -2.29. The molecule has 20 heavy (non-hydrogen) atoms. The van der Waals surface area contributed by atoms with Crippen molar-refractivity contribution in [3.05, 3.63) is 32.2 Å². The van der Waals surface area contributed by atoms with Crippen LogP contribution in [-0.4, -0.2) is 28.7 Å². The minimum Gasteiger partial charge on any atom is -0.322 e. The van der Waals surface area contributed by atoms with Gasteiger partial charge in [-0.1, -0.05) is 15.9 Å². The van der Waals surface area contributed by atoms with Gasteiger partial charge in [-0.3, -0.25) is 19.7 Å². The van der Waals surface area contributed by atoms with Gasteiger partial charge >= 0.3 is 0 Å². The third-order valence-corrected chi connectivity index (χ3v) is 4.62. The Balaban J connectivity index is 1.92. The van der Waals surface area contributed by atoms with E-state index in [4.69, 9.17) is 0 Å². The van der Waals surface area contributed by atoms with Crippen molar-refractivity contribution in [2.45, 2.75) is 25.4 Å². The number of nitrogens with one attached hydrogen (secondary N) is 1. The lowest BCUT2D eigenvalue weighted by Crippen LogP contribution is -2.52. The van der Waals surface area contributed by atoms with Crippen LogP contribution in [0.1, 0.15) is 28.8 Å². The molecule has 0 saturated carbocycles. The largest absolute Gasteiger partial charge is 0.322 e. The summed E-state index contributed by atoms with van der Waals surface area (Å²) in [6, 6.07) is 3.12. The van der Waals surface area contributed by atoms with Crippen LogP contribution in [0.3, 0.4) is 0 Å². The van der Waals surface area contributed by atoms with Gasteiger partial charge < -0.3 is 4.90 Å². The third kappa shape index (κ3) is 2.18. The van der Waals surface area contributed by atoms with Crippen molar-refractivity contribution < 1.29 is 14.4 Å². The Morgan fingerprint density at radius 1 is 1.20 bits per heavy atom. The fraction of sp³-hybridized carbons (Fsp3) is 0.308. The molecular formula is C13H10Br2N2O3. The zero-order valence-corrected chi connectivity index (χ0v) is 13.5. The molecule has 1 aromatic carbocycles. The number of fused-ring (bicyclic) bond motifs is 1. The smallest absolute Gasteiger partial charge is 0.256 e. The van der Waals surface area contributed by atoms with E-state index in [0.29, 0.717) is 23.0 Å². The number of nitrogens with zero attached hydrogens (tertiary/aromatic N) is 1. The molecule has 3 amide bonds. The van der Waals surface area contributed by atoms with Crippen LogP contribution in [0, 0.1) is 0 Å². The van der Waals surface area contributed by atoms with Gasteiger partial charge in [0, 0.05) is 21.9 Å². The molecule has 1 saturated heterocycles. The average molecular weight is 402 g/mol. The second kappa shape index (κ2) is 4.96. The van der Waals surface area contributed by atoms with Crippen molar-refractivity contribution in [2.24, 2.45) is 0 Å². The molecule has 0 bridgehead atoms. The first-order chi connectivity index (χ1) is 9.47. The topological polar surface area (TPSA) is 66.5 Å². The average Bonchev–Trinajstić information content (AvgIpc) is 2.66. The quantitative estimate of drug-likeness (QED) is 0.731. The second-order valence-corrected chi connectivity index (χ2v) is 6.59. The zero-order chi connectivity index (χ0) is 14.4. The molecule has 1 N–H and O–H groups in total. The highest BCUT2D eigenvalue weighted by Gasteiger charge is 2.39. The van der Waals surface area contributed by atoms with Crippen LogP contribution in [-0.2, 0) is 16.1 Å². The maximum absolute atomic E-state index is 12.5. The molecular weight excluding hydrogens is 392 g/mol. The first-order valence-corrected chi connectivity index (χ1v) is 7.68. The van der Waals surface area contributed by atoms with Crippen molar-refractivity contribution in [1.29, 1.82) is 0 Å². The second-order valence-electron chi connectivity index (χ2n) is 4.82. The zero-order valence-electron chi connectivity index (χ0n) is 10.3. The van der Waals surface area contributed by atoms with E-state index in [9.17, 15) is 14.4 Å². The van der Waals surface area contributed by atoms with E-state index >= 15 is 0 Å². The summed E-state index contributed by atoms with van der Waals surface area (Å²) in [7, 11) is 0. The minimum atomic E-state index is -0.571. The van der Waals surface area contributed by atoms with Gasteiger partial charge in [-0.15, -0.1) is 0 Å². The van der Waals surface area contributed by atoms with Crippen LogP contribution < -0.4 is 5.32 Å². The molecule has 104 valence electrons. The predicted molar refractivity (Wildman–Crippen MR) is 77.9 cm³/mol. The maximum atomic E-state index is 12.5. The van der Waals surface area contributed by atoms with E-state index in [-0.39, 0.29) is 18.2 Å². The van der Waals surface area contributed by atoms with Crippen LogP contribution in [0.4, 0.5) is 0 Å². The molecule has 2 aliphatic rings. The number of hydrogen-bond donors (Lipinski definition) is 1. The summed E-state index contributed by atoms with van der Waals surface area (Å²) in [5.74, 6) is -0.842. The minimum absolute atomic E-state index is 0.172. The highest BCUT2D eigenvalue weighted by atomic mass is 79.9. The number of amides is 3. The van der Waals surface area contributed by atoms with E-state index < -0.39 is 11.9 Å². The first-order valence-electron chi connectivity index (χ1n) is 6.10. The van der Waals surface area contributed by atoms with Gasteiger partial charge in [0.15, 0.2) is 0 Å². The van der Waals surface area contributed by atoms with Crippen LogP contribution in [0.2, 0.25) is 0 Å². The van der Waals surface area contributed by atoms with Crippen molar-refractivity contribution in [3.63, 3.8) is 0 Å². The number of rotatable bonds is 1.